The first-order valence-corrected chi connectivity index (χ1v) is 11.5. The normalized spacial score (nSPS) is 24.2. The predicted octanol–water partition coefficient (Wildman–Crippen LogP) is 4.71. The fraction of sp³-hybridized carbons (Fsp3) is 0.214. The minimum Gasteiger partial charge on any atom is -0.349 e. The molecule has 2 heterocycles. The number of anilines is 1. The molecule has 6 nitrogen and oxygen atoms in total. The molecule has 9 heteroatoms. The Morgan fingerprint density at radius 1 is 0.784 bits per heavy atom. The quantitative estimate of drug-likeness (QED) is 0.372. The van der Waals surface area contributed by atoms with Crippen molar-refractivity contribution >= 4 is 29.1 Å². The number of halogens is 3. The number of hydrogen-bond donors (Lipinski definition) is 0. The number of ether oxygens (including phenoxy) is 1. The highest BCUT2D eigenvalue weighted by molar-refractivity contribution is 6.37. The largest absolute Gasteiger partial charge is 0.418 e. The van der Waals surface area contributed by atoms with Crippen LogP contribution >= 0.6 is 0 Å². The number of fused-ring (bicyclic) bond motifs is 3. The number of imide groups is 1. The van der Waals surface area contributed by atoms with Crippen molar-refractivity contribution in [1.82, 2.24) is 0 Å². The van der Waals surface area contributed by atoms with Crippen LogP contribution in [0.3, 0.4) is 0 Å². The van der Waals surface area contributed by atoms with Gasteiger partial charge in [0.2, 0.25) is 29.0 Å². The molecule has 186 valence electrons. The van der Waals surface area contributed by atoms with E-state index in [0.29, 0.717) is 10.5 Å². The third-order valence-electron chi connectivity index (χ3n) is 7.38. The van der Waals surface area contributed by atoms with E-state index >= 15 is 0 Å². The number of carbonyl (C=O) groups excluding carboxylic acids is 4. The van der Waals surface area contributed by atoms with Crippen molar-refractivity contribution in [3.8, 4) is 0 Å². The second-order valence-corrected chi connectivity index (χ2v) is 9.42. The zero-order chi connectivity index (χ0) is 26.3. The lowest BCUT2D eigenvalue weighted by Gasteiger charge is -2.28. The van der Waals surface area contributed by atoms with Crippen molar-refractivity contribution in [3.05, 3.63) is 101 Å². The summed E-state index contributed by atoms with van der Waals surface area (Å²) in [5.74, 6) is -6.57. The zero-order valence-corrected chi connectivity index (χ0v) is 19.3. The minimum absolute atomic E-state index is 0.0465. The maximum absolute atomic E-state index is 13.9. The van der Waals surface area contributed by atoms with E-state index < -0.39 is 64.3 Å². The Bertz CT molecular complexity index is 1480. The van der Waals surface area contributed by atoms with Gasteiger partial charge in [-0.1, -0.05) is 66.2 Å². The third kappa shape index (κ3) is 3.03. The molecule has 2 fully saturated rings. The lowest BCUT2D eigenvalue weighted by atomic mass is 9.77. The van der Waals surface area contributed by atoms with Gasteiger partial charge in [0.15, 0.2) is 0 Å². The number of ketones is 2. The molecule has 2 saturated heterocycles. The Morgan fingerprint density at radius 3 is 1.95 bits per heavy atom. The number of amides is 2. The molecular formula is C28H18F3NO5. The summed E-state index contributed by atoms with van der Waals surface area (Å²) in [6.07, 6.45) is -6.05. The van der Waals surface area contributed by atoms with E-state index in [2.05, 4.69) is 0 Å². The van der Waals surface area contributed by atoms with Crippen LogP contribution in [0.1, 0.15) is 43.5 Å². The summed E-state index contributed by atoms with van der Waals surface area (Å²) in [6.45, 7) is 1.84. The van der Waals surface area contributed by atoms with E-state index in [1.165, 1.54) is 18.2 Å². The second-order valence-electron chi connectivity index (χ2n) is 9.42. The van der Waals surface area contributed by atoms with Crippen LogP contribution in [0.15, 0.2) is 72.8 Å². The van der Waals surface area contributed by atoms with Crippen LogP contribution in [0.4, 0.5) is 18.9 Å². The summed E-state index contributed by atoms with van der Waals surface area (Å²) in [4.78, 5) is 55.6. The molecule has 2 aliphatic heterocycles. The minimum atomic E-state index is -4.85. The lowest BCUT2D eigenvalue weighted by molar-refractivity contribution is -0.137. The molecule has 3 aromatic carbocycles. The highest BCUT2D eigenvalue weighted by Crippen LogP contribution is 2.58. The molecule has 37 heavy (non-hydrogen) atoms. The van der Waals surface area contributed by atoms with E-state index in [-0.39, 0.29) is 11.1 Å². The molecule has 6 rings (SSSR count). The van der Waals surface area contributed by atoms with Gasteiger partial charge in [0, 0.05) is 11.1 Å². The summed E-state index contributed by atoms with van der Waals surface area (Å²) < 4.78 is 47.7. The standard InChI is InChI=1S/C28H18F3NO5/c1-14-10-12-15(13-11-14)22-20-21(27(37-22)23(33)16-6-2-3-7-17(16)24(27)34)26(36)32(25(20)35)19-9-5-4-8-18(19)28(29,30)31/h2-13,20-22H,1H3/t20-,21+,22-/m0/s1. The van der Waals surface area contributed by atoms with E-state index in [4.69, 9.17) is 4.74 Å². The predicted molar refractivity (Wildman–Crippen MR) is 124 cm³/mol. The van der Waals surface area contributed by atoms with E-state index in [1.807, 2.05) is 6.92 Å². The van der Waals surface area contributed by atoms with E-state index in [1.54, 1.807) is 36.4 Å². The van der Waals surface area contributed by atoms with Gasteiger partial charge in [-0.15, -0.1) is 0 Å². The van der Waals surface area contributed by atoms with Crippen LogP contribution < -0.4 is 4.90 Å². The van der Waals surface area contributed by atoms with Crippen LogP contribution in [0.5, 0.6) is 0 Å². The Morgan fingerprint density at radius 2 is 1.35 bits per heavy atom. The van der Waals surface area contributed by atoms with E-state index in [9.17, 15) is 32.3 Å². The maximum atomic E-state index is 13.9. The molecule has 1 aliphatic carbocycles. The summed E-state index contributed by atoms with van der Waals surface area (Å²) in [7, 11) is 0. The SMILES string of the molecule is Cc1ccc([C@@H]2OC3(C(=O)c4ccccc4C3=O)[C@H]3C(=O)N(c4ccccc4C(F)(F)F)C(=O)[C@H]23)cc1. The van der Waals surface area contributed by atoms with Crippen molar-refractivity contribution in [2.75, 3.05) is 4.90 Å². The summed E-state index contributed by atoms with van der Waals surface area (Å²) in [5, 5.41) is 0. The van der Waals surface area contributed by atoms with Gasteiger partial charge in [-0.05, 0) is 24.6 Å². The van der Waals surface area contributed by atoms with Gasteiger partial charge in [0.05, 0.1) is 29.2 Å². The van der Waals surface area contributed by atoms with Gasteiger partial charge < -0.3 is 4.74 Å². The first-order chi connectivity index (χ1) is 17.6. The van der Waals surface area contributed by atoms with Crippen molar-refractivity contribution in [2.45, 2.75) is 24.8 Å². The highest BCUT2D eigenvalue weighted by atomic mass is 19.4. The fourth-order valence-electron chi connectivity index (χ4n) is 5.72. The van der Waals surface area contributed by atoms with Crippen molar-refractivity contribution in [2.24, 2.45) is 11.8 Å². The Labute approximate surface area is 208 Å². The number of aryl methyl sites for hydroxylation is 1. The molecule has 2 amide bonds. The molecule has 0 saturated carbocycles. The van der Waals surface area contributed by atoms with Gasteiger partial charge in [-0.3, -0.25) is 19.2 Å². The summed E-state index contributed by atoms with van der Waals surface area (Å²) in [6, 6.07) is 17.0. The smallest absolute Gasteiger partial charge is 0.349 e. The zero-order valence-electron chi connectivity index (χ0n) is 19.3. The van der Waals surface area contributed by atoms with Gasteiger partial charge in [0.25, 0.3) is 0 Å². The Hall–Kier alpha value is -4.11. The van der Waals surface area contributed by atoms with Gasteiger partial charge in [-0.2, -0.15) is 13.2 Å². The van der Waals surface area contributed by atoms with Crippen LogP contribution in [-0.2, 0) is 20.5 Å². The number of Topliss-reactive ketones (excluding diaryl/α,β-unsaturated/α-hetero) is 2. The third-order valence-corrected chi connectivity index (χ3v) is 7.38. The molecular weight excluding hydrogens is 487 g/mol. The van der Waals surface area contributed by atoms with Crippen LogP contribution in [-0.4, -0.2) is 29.0 Å². The summed E-state index contributed by atoms with van der Waals surface area (Å²) >= 11 is 0. The first-order valence-electron chi connectivity index (χ1n) is 11.5. The number of alkyl halides is 3. The van der Waals surface area contributed by atoms with Crippen LogP contribution in [0.2, 0.25) is 0 Å². The van der Waals surface area contributed by atoms with E-state index in [0.717, 1.165) is 23.8 Å². The number of carbonyl (C=O) groups is 4. The lowest BCUT2D eigenvalue weighted by Crippen LogP contribution is -2.51. The molecule has 1 spiro atoms. The number of rotatable bonds is 2. The van der Waals surface area contributed by atoms with Gasteiger partial charge in [0.1, 0.15) is 0 Å². The summed E-state index contributed by atoms with van der Waals surface area (Å²) in [5.41, 5.74) is -2.75. The van der Waals surface area contributed by atoms with Crippen LogP contribution in [0.25, 0.3) is 0 Å². The van der Waals surface area contributed by atoms with Gasteiger partial charge >= 0.3 is 6.18 Å². The highest BCUT2D eigenvalue weighted by Gasteiger charge is 2.75. The molecule has 3 aliphatic rings. The van der Waals surface area contributed by atoms with Crippen molar-refractivity contribution in [1.29, 1.82) is 0 Å². The van der Waals surface area contributed by atoms with Crippen molar-refractivity contribution < 1.29 is 37.1 Å². The second kappa shape index (κ2) is 7.69. The number of para-hydroxylation sites is 1. The Balaban J connectivity index is 1.56. The molecule has 3 atom stereocenters. The van der Waals surface area contributed by atoms with Crippen LogP contribution in [0, 0.1) is 18.8 Å². The topological polar surface area (TPSA) is 80.8 Å². The average molecular weight is 505 g/mol. The number of nitrogens with zero attached hydrogens (tertiary/aromatic N) is 1. The molecule has 0 radical (unpaired) electrons. The molecule has 3 aromatic rings. The average Bonchev–Trinajstić information content (AvgIpc) is 3.44. The van der Waals surface area contributed by atoms with Crippen molar-refractivity contribution in [3.63, 3.8) is 0 Å². The fourth-order valence-corrected chi connectivity index (χ4v) is 5.72. The molecule has 0 N–H and O–H groups in total. The molecule has 0 aromatic heterocycles. The number of benzene rings is 3. The monoisotopic (exact) mass is 505 g/mol. The first kappa shape index (κ1) is 23.3. The molecule has 0 bridgehead atoms. The maximum Gasteiger partial charge on any atom is 0.418 e. The Kier molecular flexibility index (Phi) is 4.84. The van der Waals surface area contributed by atoms with Gasteiger partial charge in [-0.25, -0.2) is 4.90 Å². The number of hydrogen-bond acceptors (Lipinski definition) is 5. The molecule has 0 unspecified atom stereocenters.